The summed E-state index contributed by atoms with van der Waals surface area (Å²) in [5.41, 5.74) is -0.585. The average Bonchev–Trinajstić information content (AvgIpc) is 2.59. The molecular weight excluding hydrogens is 406 g/mol. The predicted molar refractivity (Wildman–Crippen MR) is 106 cm³/mol. The molecular formula is C18H26ClN3O5S. The smallest absolute Gasteiger partial charge is 0.410 e. The first-order chi connectivity index (χ1) is 12.9. The highest BCUT2D eigenvalue weighted by Crippen LogP contribution is 2.15. The highest BCUT2D eigenvalue weighted by atomic mass is 35.5. The van der Waals surface area contributed by atoms with Gasteiger partial charge in [-0.1, -0.05) is 11.6 Å². The van der Waals surface area contributed by atoms with Crippen molar-refractivity contribution in [2.24, 2.45) is 0 Å². The van der Waals surface area contributed by atoms with Crippen LogP contribution in [0, 0.1) is 0 Å². The maximum Gasteiger partial charge on any atom is 0.410 e. The SMILES string of the molecule is C[C@H](NS(=O)(=O)c1ccc(Cl)cc1)C(=O)N1CCN(C(=O)OC(C)(C)C)CC1. The van der Waals surface area contributed by atoms with Crippen molar-refractivity contribution in [3.8, 4) is 0 Å². The number of ether oxygens (including phenoxy) is 1. The van der Waals surface area contributed by atoms with Gasteiger partial charge in [0.15, 0.2) is 0 Å². The highest BCUT2D eigenvalue weighted by Gasteiger charge is 2.31. The summed E-state index contributed by atoms with van der Waals surface area (Å²) in [7, 11) is -3.85. The highest BCUT2D eigenvalue weighted by molar-refractivity contribution is 7.89. The second-order valence-electron chi connectivity index (χ2n) is 7.59. The number of carbonyl (C=O) groups is 2. The van der Waals surface area contributed by atoms with E-state index in [1.165, 1.54) is 41.0 Å². The van der Waals surface area contributed by atoms with Crippen LogP contribution in [0.5, 0.6) is 0 Å². The quantitative estimate of drug-likeness (QED) is 0.787. The van der Waals surface area contributed by atoms with Crippen molar-refractivity contribution in [2.75, 3.05) is 26.2 Å². The van der Waals surface area contributed by atoms with Gasteiger partial charge < -0.3 is 14.5 Å². The molecule has 0 radical (unpaired) electrons. The van der Waals surface area contributed by atoms with E-state index in [1.54, 1.807) is 20.8 Å². The number of sulfonamides is 1. The molecule has 1 aromatic rings. The number of nitrogens with one attached hydrogen (secondary N) is 1. The van der Waals surface area contributed by atoms with Crippen LogP contribution < -0.4 is 4.72 Å². The molecule has 28 heavy (non-hydrogen) atoms. The molecule has 0 aromatic heterocycles. The summed E-state index contributed by atoms with van der Waals surface area (Å²) in [5, 5.41) is 0.422. The number of piperazine rings is 1. The Balaban J connectivity index is 1.92. The van der Waals surface area contributed by atoms with Crippen LogP contribution in [0.1, 0.15) is 27.7 Å². The van der Waals surface area contributed by atoms with Crippen molar-refractivity contribution in [3.05, 3.63) is 29.3 Å². The van der Waals surface area contributed by atoms with E-state index >= 15 is 0 Å². The van der Waals surface area contributed by atoms with E-state index in [1.807, 2.05) is 0 Å². The third-order valence-corrected chi connectivity index (χ3v) is 5.88. The standard InChI is InChI=1S/C18H26ClN3O5S/c1-13(20-28(25,26)15-7-5-14(19)6-8-15)16(23)21-9-11-22(12-10-21)17(24)27-18(2,3)4/h5-8,13,20H,9-12H2,1-4H3/t13-/m0/s1. The molecule has 1 fully saturated rings. The summed E-state index contributed by atoms with van der Waals surface area (Å²) < 4.78 is 32.6. The molecule has 2 rings (SSSR count). The van der Waals surface area contributed by atoms with Gasteiger partial charge in [-0.3, -0.25) is 4.79 Å². The fraction of sp³-hybridized carbons (Fsp3) is 0.556. The summed E-state index contributed by atoms with van der Waals surface area (Å²) in [4.78, 5) is 27.8. The lowest BCUT2D eigenvalue weighted by Gasteiger charge is -2.36. The van der Waals surface area contributed by atoms with Gasteiger partial charge in [-0.25, -0.2) is 13.2 Å². The maximum atomic E-state index is 12.6. The van der Waals surface area contributed by atoms with E-state index in [0.29, 0.717) is 31.2 Å². The Labute approximate surface area is 170 Å². The molecule has 156 valence electrons. The van der Waals surface area contributed by atoms with Crippen LogP contribution in [-0.4, -0.2) is 68.0 Å². The van der Waals surface area contributed by atoms with Gasteiger partial charge >= 0.3 is 6.09 Å². The third-order valence-electron chi connectivity index (χ3n) is 4.07. The molecule has 8 nitrogen and oxygen atoms in total. The van der Waals surface area contributed by atoms with Gasteiger partial charge in [0, 0.05) is 31.2 Å². The van der Waals surface area contributed by atoms with Crippen molar-refractivity contribution in [3.63, 3.8) is 0 Å². The lowest BCUT2D eigenvalue weighted by Crippen LogP contribution is -2.55. The summed E-state index contributed by atoms with van der Waals surface area (Å²) in [6.45, 7) is 8.15. The second kappa shape index (κ2) is 8.67. The molecule has 1 aliphatic rings. The number of hydrogen-bond donors (Lipinski definition) is 1. The van der Waals surface area contributed by atoms with Crippen LogP contribution >= 0.6 is 11.6 Å². The van der Waals surface area contributed by atoms with Crippen molar-refractivity contribution in [2.45, 2.75) is 44.2 Å². The fourth-order valence-electron chi connectivity index (χ4n) is 2.67. The van der Waals surface area contributed by atoms with E-state index < -0.39 is 27.8 Å². The zero-order chi connectivity index (χ0) is 21.1. The minimum absolute atomic E-state index is 0.0336. The first-order valence-electron chi connectivity index (χ1n) is 8.94. The minimum atomic E-state index is -3.85. The van der Waals surface area contributed by atoms with Crippen molar-refractivity contribution >= 4 is 33.6 Å². The Morgan fingerprint density at radius 1 is 1.07 bits per heavy atom. The number of carbonyl (C=O) groups excluding carboxylic acids is 2. The van der Waals surface area contributed by atoms with Crippen molar-refractivity contribution in [1.29, 1.82) is 0 Å². The molecule has 10 heteroatoms. The molecule has 0 bridgehead atoms. The van der Waals surface area contributed by atoms with Gasteiger partial charge in [0.2, 0.25) is 15.9 Å². The van der Waals surface area contributed by atoms with Gasteiger partial charge in [-0.05, 0) is 52.0 Å². The Morgan fingerprint density at radius 2 is 1.57 bits per heavy atom. The molecule has 0 saturated carbocycles. The summed E-state index contributed by atoms with van der Waals surface area (Å²) in [6.07, 6.45) is -0.420. The molecule has 1 N–H and O–H groups in total. The van der Waals surface area contributed by atoms with Gasteiger partial charge in [-0.2, -0.15) is 4.72 Å². The van der Waals surface area contributed by atoms with E-state index in [0.717, 1.165) is 0 Å². The molecule has 1 aromatic carbocycles. The number of rotatable bonds is 4. The number of halogens is 1. The fourth-order valence-corrected chi connectivity index (χ4v) is 4.00. The average molecular weight is 432 g/mol. The van der Waals surface area contributed by atoms with E-state index in [2.05, 4.69) is 4.72 Å². The van der Waals surface area contributed by atoms with E-state index in [9.17, 15) is 18.0 Å². The Kier molecular flexibility index (Phi) is 6.95. The number of amides is 2. The maximum absolute atomic E-state index is 12.6. The van der Waals surface area contributed by atoms with Crippen LogP contribution in [0.3, 0.4) is 0 Å². The van der Waals surface area contributed by atoms with Gasteiger partial charge in [0.25, 0.3) is 0 Å². The molecule has 1 saturated heterocycles. The van der Waals surface area contributed by atoms with Crippen LogP contribution in [0.15, 0.2) is 29.2 Å². The largest absolute Gasteiger partial charge is 0.444 e. The van der Waals surface area contributed by atoms with E-state index in [4.69, 9.17) is 16.3 Å². The van der Waals surface area contributed by atoms with Gasteiger partial charge in [0.05, 0.1) is 10.9 Å². The number of nitrogens with zero attached hydrogens (tertiary/aromatic N) is 2. The van der Waals surface area contributed by atoms with Crippen LogP contribution in [-0.2, 0) is 19.6 Å². The lowest BCUT2D eigenvalue weighted by molar-refractivity contribution is -0.134. The molecule has 0 unspecified atom stereocenters. The summed E-state index contributed by atoms with van der Waals surface area (Å²) >= 11 is 5.78. The number of hydrogen-bond acceptors (Lipinski definition) is 5. The topological polar surface area (TPSA) is 96.0 Å². The van der Waals surface area contributed by atoms with Crippen LogP contribution in [0.25, 0.3) is 0 Å². The monoisotopic (exact) mass is 431 g/mol. The lowest BCUT2D eigenvalue weighted by atomic mass is 10.2. The molecule has 1 aliphatic heterocycles. The molecule has 0 spiro atoms. The zero-order valence-corrected chi connectivity index (χ0v) is 18.0. The molecule has 0 aliphatic carbocycles. The van der Waals surface area contributed by atoms with E-state index in [-0.39, 0.29) is 10.8 Å². The normalized spacial score (nSPS) is 16.6. The zero-order valence-electron chi connectivity index (χ0n) is 16.4. The van der Waals surface area contributed by atoms with Crippen molar-refractivity contribution < 1.29 is 22.7 Å². The second-order valence-corrected chi connectivity index (χ2v) is 9.74. The molecule has 1 atom stereocenters. The van der Waals surface area contributed by atoms with Crippen LogP contribution in [0.2, 0.25) is 5.02 Å². The van der Waals surface area contributed by atoms with Gasteiger partial charge in [0.1, 0.15) is 5.60 Å². The van der Waals surface area contributed by atoms with Gasteiger partial charge in [-0.15, -0.1) is 0 Å². The first-order valence-corrected chi connectivity index (χ1v) is 10.8. The Morgan fingerprint density at radius 3 is 2.07 bits per heavy atom. The third kappa shape index (κ3) is 6.08. The first kappa shape index (κ1) is 22.4. The summed E-state index contributed by atoms with van der Waals surface area (Å²) in [5.74, 6) is -0.346. The molecule has 1 heterocycles. The minimum Gasteiger partial charge on any atom is -0.444 e. The Bertz CT molecular complexity index is 813. The van der Waals surface area contributed by atoms with Crippen LogP contribution in [0.4, 0.5) is 4.79 Å². The number of benzene rings is 1. The predicted octanol–water partition coefficient (Wildman–Crippen LogP) is 2.09. The summed E-state index contributed by atoms with van der Waals surface area (Å²) in [6, 6.07) is 4.76. The Hall–Kier alpha value is -1.84. The van der Waals surface area contributed by atoms with Crippen molar-refractivity contribution in [1.82, 2.24) is 14.5 Å². The molecule has 2 amide bonds.